The van der Waals surface area contributed by atoms with E-state index in [1.807, 2.05) is 53.0 Å². The Morgan fingerprint density at radius 3 is 2.42 bits per heavy atom. The molecule has 0 aliphatic carbocycles. The minimum absolute atomic E-state index is 0.124. The Bertz CT molecular complexity index is 1020. The number of nitrogens with one attached hydrogen (secondary N) is 1. The van der Waals surface area contributed by atoms with Gasteiger partial charge in [-0.15, -0.1) is 0 Å². The fourth-order valence-corrected chi connectivity index (χ4v) is 3.52. The summed E-state index contributed by atoms with van der Waals surface area (Å²) in [6, 6.07) is 4.17. The number of hydrogen-bond donors (Lipinski definition) is 1. The molecular formula is C25H40ClN5O2. The summed E-state index contributed by atoms with van der Waals surface area (Å²) in [5.41, 5.74) is 6.72. The molecule has 0 saturated heterocycles. The molecule has 0 saturated carbocycles. The second kappa shape index (κ2) is 15.6. The Morgan fingerprint density at radius 2 is 1.91 bits per heavy atom. The average molecular weight is 478 g/mol. The monoisotopic (exact) mass is 477 g/mol. The first-order chi connectivity index (χ1) is 16.0. The van der Waals surface area contributed by atoms with Gasteiger partial charge in [-0.2, -0.15) is 0 Å². The number of nitrogens with zero attached hydrogens (tertiary/aromatic N) is 4. The second-order valence-corrected chi connectivity index (χ2v) is 7.40. The molecule has 3 aromatic heterocycles. The van der Waals surface area contributed by atoms with E-state index < -0.39 is 0 Å². The van der Waals surface area contributed by atoms with Crippen LogP contribution >= 0.6 is 11.6 Å². The molecule has 0 aliphatic heterocycles. The van der Waals surface area contributed by atoms with Crippen molar-refractivity contribution in [3.8, 4) is 0 Å². The van der Waals surface area contributed by atoms with E-state index in [0.29, 0.717) is 19.8 Å². The summed E-state index contributed by atoms with van der Waals surface area (Å²) >= 11 is 5.12. The van der Waals surface area contributed by atoms with Crippen LogP contribution in [0, 0.1) is 6.92 Å². The molecule has 0 radical (unpaired) electrons. The minimum atomic E-state index is 0.124. The first kappa shape index (κ1) is 28.8. The van der Waals surface area contributed by atoms with Gasteiger partial charge in [-0.05, 0) is 39.3 Å². The predicted molar refractivity (Wildman–Crippen MR) is 140 cm³/mol. The molecule has 0 aromatic carbocycles. The number of fused-ring (bicyclic) bond motifs is 3. The largest absolute Gasteiger partial charge is 0.383 e. The normalized spacial score (nSPS) is 11.8. The summed E-state index contributed by atoms with van der Waals surface area (Å²) in [5.74, 6) is 0.888. The van der Waals surface area contributed by atoms with Crippen molar-refractivity contribution < 1.29 is 9.47 Å². The standard InChI is InChI=1S/C19H27N5O2.C4H7Cl.C2H6/c1-6-13(2)23-18-16(8-7-9-20-18)24-17(14(3)22-19(23)24)10-21-15(11-25-4)12-26-5;1-2-3-4-5;1-2/h6-9,15,21H,10-12H2,1-5H3;3-4H,2H2,1H3;1-2H3/b13-6+;4-3+;. The van der Waals surface area contributed by atoms with Crippen molar-refractivity contribution in [2.24, 2.45) is 0 Å². The summed E-state index contributed by atoms with van der Waals surface area (Å²) in [5, 5.41) is 3.52. The third kappa shape index (κ3) is 7.40. The van der Waals surface area contributed by atoms with Crippen LogP contribution in [0.15, 0.2) is 36.0 Å². The van der Waals surface area contributed by atoms with E-state index in [2.05, 4.69) is 38.3 Å². The zero-order valence-electron chi connectivity index (χ0n) is 21.4. The molecule has 0 spiro atoms. The molecule has 1 N–H and O–H groups in total. The predicted octanol–water partition coefficient (Wildman–Crippen LogP) is 5.80. The van der Waals surface area contributed by atoms with Gasteiger partial charge in [0.25, 0.3) is 0 Å². The second-order valence-electron chi connectivity index (χ2n) is 7.15. The van der Waals surface area contributed by atoms with Gasteiger partial charge in [0.15, 0.2) is 5.65 Å². The SMILES string of the molecule is C/C=C(\C)n1c2ncccc2n2c(CNC(COC)COC)c(C)nc12.CC.CC/C=C/Cl. The maximum atomic E-state index is 5.28. The highest BCUT2D eigenvalue weighted by Crippen LogP contribution is 2.25. The van der Waals surface area contributed by atoms with E-state index in [1.165, 1.54) is 5.54 Å². The molecule has 3 heterocycles. The molecule has 3 aromatic rings. The zero-order valence-corrected chi connectivity index (χ0v) is 22.1. The molecule has 33 heavy (non-hydrogen) atoms. The number of methoxy groups -OCH3 is 2. The van der Waals surface area contributed by atoms with E-state index >= 15 is 0 Å². The fourth-order valence-electron chi connectivity index (χ4n) is 3.34. The smallest absolute Gasteiger partial charge is 0.221 e. The molecule has 0 unspecified atom stereocenters. The molecule has 0 fully saturated rings. The van der Waals surface area contributed by atoms with Crippen molar-refractivity contribution in [3.05, 3.63) is 47.4 Å². The van der Waals surface area contributed by atoms with Crippen molar-refractivity contribution in [2.45, 2.75) is 60.5 Å². The molecule has 0 atom stereocenters. The Hall–Kier alpha value is -2.19. The molecule has 184 valence electrons. The Labute approximate surface area is 203 Å². The van der Waals surface area contributed by atoms with Gasteiger partial charge in [-0.3, -0.25) is 8.97 Å². The van der Waals surface area contributed by atoms with Crippen LogP contribution in [0.2, 0.25) is 0 Å². The van der Waals surface area contributed by atoms with Crippen LogP contribution in [0.25, 0.3) is 22.6 Å². The number of aryl methyl sites for hydroxylation is 1. The van der Waals surface area contributed by atoms with Crippen LogP contribution in [-0.4, -0.2) is 52.4 Å². The van der Waals surface area contributed by atoms with Crippen LogP contribution < -0.4 is 5.32 Å². The number of aromatic nitrogens is 4. The zero-order chi connectivity index (χ0) is 24.8. The van der Waals surface area contributed by atoms with E-state index in [9.17, 15) is 0 Å². The Balaban J connectivity index is 0.000000689. The molecular weight excluding hydrogens is 438 g/mol. The topological polar surface area (TPSA) is 65.6 Å². The van der Waals surface area contributed by atoms with E-state index in [0.717, 1.165) is 40.4 Å². The quantitative estimate of drug-likeness (QED) is 0.422. The van der Waals surface area contributed by atoms with E-state index in [1.54, 1.807) is 14.2 Å². The average Bonchev–Trinajstić information content (AvgIpc) is 3.32. The minimum Gasteiger partial charge on any atom is -0.383 e. The van der Waals surface area contributed by atoms with Crippen LogP contribution in [0.1, 0.15) is 52.4 Å². The van der Waals surface area contributed by atoms with Crippen LogP contribution in [0.5, 0.6) is 0 Å². The molecule has 8 heteroatoms. The van der Waals surface area contributed by atoms with Crippen molar-refractivity contribution in [1.82, 2.24) is 24.3 Å². The highest BCUT2D eigenvalue weighted by molar-refractivity contribution is 6.25. The number of ether oxygens (including phenoxy) is 2. The Morgan fingerprint density at radius 1 is 1.24 bits per heavy atom. The maximum Gasteiger partial charge on any atom is 0.221 e. The summed E-state index contributed by atoms with van der Waals surface area (Å²) in [6.07, 6.45) is 6.81. The molecule has 0 amide bonds. The first-order valence-electron chi connectivity index (χ1n) is 11.5. The van der Waals surface area contributed by atoms with E-state index in [-0.39, 0.29) is 6.04 Å². The lowest BCUT2D eigenvalue weighted by Crippen LogP contribution is -2.37. The molecule has 3 rings (SSSR count). The maximum absolute atomic E-state index is 5.28. The van der Waals surface area contributed by atoms with Crippen LogP contribution in [-0.2, 0) is 16.0 Å². The Kier molecular flexibility index (Phi) is 13.6. The number of rotatable bonds is 9. The number of pyridine rings is 1. The summed E-state index contributed by atoms with van der Waals surface area (Å²) in [4.78, 5) is 9.42. The van der Waals surface area contributed by atoms with Gasteiger partial charge in [-0.25, -0.2) is 9.97 Å². The van der Waals surface area contributed by atoms with Crippen molar-refractivity contribution in [2.75, 3.05) is 27.4 Å². The van der Waals surface area contributed by atoms with Crippen molar-refractivity contribution in [3.63, 3.8) is 0 Å². The highest BCUT2D eigenvalue weighted by atomic mass is 35.5. The van der Waals surface area contributed by atoms with Crippen LogP contribution in [0.4, 0.5) is 0 Å². The summed E-state index contributed by atoms with van der Waals surface area (Å²) in [6.45, 7) is 14.0. The molecule has 0 aliphatic rings. The summed E-state index contributed by atoms with van der Waals surface area (Å²) < 4.78 is 14.8. The number of imidazole rings is 2. The number of halogens is 1. The third-order valence-electron chi connectivity index (χ3n) is 4.96. The van der Waals surface area contributed by atoms with Gasteiger partial charge >= 0.3 is 0 Å². The summed E-state index contributed by atoms with van der Waals surface area (Å²) in [7, 11) is 3.40. The van der Waals surface area contributed by atoms with Gasteiger partial charge < -0.3 is 14.8 Å². The van der Waals surface area contributed by atoms with Crippen molar-refractivity contribution >= 4 is 34.2 Å². The van der Waals surface area contributed by atoms with Gasteiger partial charge in [-0.1, -0.05) is 44.5 Å². The lowest BCUT2D eigenvalue weighted by atomic mass is 10.3. The number of allylic oxidation sites excluding steroid dienone is 3. The highest BCUT2D eigenvalue weighted by Gasteiger charge is 2.20. The number of hydrogen-bond acceptors (Lipinski definition) is 5. The molecule has 0 bridgehead atoms. The van der Waals surface area contributed by atoms with E-state index in [4.69, 9.17) is 26.1 Å². The third-order valence-corrected chi connectivity index (χ3v) is 5.14. The fraction of sp³-hybridized carbons (Fsp3) is 0.520. The van der Waals surface area contributed by atoms with Crippen LogP contribution in [0.3, 0.4) is 0 Å². The van der Waals surface area contributed by atoms with Gasteiger partial charge in [0.05, 0.1) is 36.2 Å². The molecule has 7 nitrogen and oxygen atoms in total. The van der Waals surface area contributed by atoms with Gasteiger partial charge in [0, 0.05) is 38.2 Å². The van der Waals surface area contributed by atoms with Gasteiger partial charge in [0.2, 0.25) is 5.78 Å². The van der Waals surface area contributed by atoms with Gasteiger partial charge in [0.1, 0.15) is 0 Å². The lowest BCUT2D eigenvalue weighted by molar-refractivity contribution is 0.102. The lowest BCUT2D eigenvalue weighted by Gasteiger charge is -2.17. The van der Waals surface area contributed by atoms with Crippen molar-refractivity contribution in [1.29, 1.82) is 0 Å². The first-order valence-corrected chi connectivity index (χ1v) is 11.9.